The number of nitro groups is 2. The van der Waals surface area contributed by atoms with Crippen LogP contribution in [-0.4, -0.2) is 16.1 Å². The molecule has 33 heavy (non-hydrogen) atoms. The normalized spacial score (nSPS) is 10.9. The number of nitrogens with zero attached hydrogens (tertiary/aromatic N) is 3. The van der Waals surface area contributed by atoms with Gasteiger partial charge >= 0.3 is 5.69 Å². The van der Waals surface area contributed by atoms with Gasteiger partial charge < -0.3 is 4.74 Å². The molecule has 3 aromatic carbocycles. The van der Waals surface area contributed by atoms with Crippen LogP contribution in [0.15, 0.2) is 53.6 Å². The summed E-state index contributed by atoms with van der Waals surface area (Å²) in [4.78, 5) is 20.7. The van der Waals surface area contributed by atoms with Crippen LogP contribution in [0.25, 0.3) is 0 Å². The van der Waals surface area contributed by atoms with Crippen molar-refractivity contribution in [3.8, 4) is 5.75 Å². The van der Waals surface area contributed by atoms with Crippen molar-refractivity contribution in [3.63, 3.8) is 0 Å². The Kier molecular flexibility index (Phi) is 8.67. The monoisotopic (exact) mass is 712 g/mol. The van der Waals surface area contributed by atoms with Crippen molar-refractivity contribution in [1.82, 2.24) is 0 Å². The minimum Gasteiger partial charge on any atom is -0.487 e. The summed E-state index contributed by atoms with van der Waals surface area (Å²) in [7, 11) is 0. The van der Waals surface area contributed by atoms with Crippen LogP contribution in [0.2, 0.25) is 10.0 Å². The van der Waals surface area contributed by atoms with Crippen LogP contribution in [0.3, 0.4) is 0 Å². The maximum absolute atomic E-state index is 11.2. The van der Waals surface area contributed by atoms with Gasteiger partial charge in [0.1, 0.15) is 18.0 Å². The number of nitrogens with one attached hydrogen (secondary N) is 1. The summed E-state index contributed by atoms with van der Waals surface area (Å²) in [6, 6.07) is 12.1. The molecule has 0 aromatic heterocycles. The molecule has 3 rings (SSSR count). The van der Waals surface area contributed by atoms with Gasteiger partial charge in [0.2, 0.25) is 0 Å². The maximum atomic E-state index is 11.2. The fourth-order valence-corrected chi connectivity index (χ4v) is 5.23. The first kappa shape index (κ1) is 25.4. The van der Waals surface area contributed by atoms with Crippen LogP contribution in [0, 0.1) is 27.4 Å². The number of hydrogen-bond acceptors (Lipinski definition) is 7. The van der Waals surface area contributed by atoms with E-state index >= 15 is 0 Å². The molecule has 0 saturated heterocycles. The van der Waals surface area contributed by atoms with E-state index in [0.717, 1.165) is 30.4 Å². The Balaban J connectivity index is 1.74. The third-order valence-corrected chi connectivity index (χ3v) is 6.38. The molecule has 0 spiro atoms. The quantitative estimate of drug-likeness (QED) is 0.116. The van der Waals surface area contributed by atoms with Gasteiger partial charge in [-0.15, -0.1) is 0 Å². The van der Waals surface area contributed by atoms with Crippen molar-refractivity contribution in [1.29, 1.82) is 0 Å². The summed E-state index contributed by atoms with van der Waals surface area (Å²) in [6.07, 6.45) is 1.48. The summed E-state index contributed by atoms with van der Waals surface area (Å²) < 4.78 is 7.60. The van der Waals surface area contributed by atoms with Gasteiger partial charge in [-0.3, -0.25) is 25.7 Å². The van der Waals surface area contributed by atoms with Gasteiger partial charge in [0.05, 0.1) is 29.3 Å². The molecule has 0 fully saturated rings. The zero-order chi connectivity index (χ0) is 24.1. The molecule has 13 heteroatoms. The van der Waals surface area contributed by atoms with Gasteiger partial charge in [-0.25, -0.2) is 0 Å². The molecule has 0 aliphatic rings. The molecule has 0 radical (unpaired) electrons. The molecule has 0 bridgehead atoms. The number of benzene rings is 3. The highest BCUT2D eigenvalue weighted by Crippen LogP contribution is 2.31. The lowest BCUT2D eigenvalue weighted by Gasteiger charge is -2.12. The van der Waals surface area contributed by atoms with Crippen molar-refractivity contribution in [2.75, 3.05) is 5.43 Å². The van der Waals surface area contributed by atoms with Gasteiger partial charge in [-0.05, 0) is 81.1 Å². The molecule has 0 aliphatic heterocycles. The van der Waals surface area contributed by atoms with E-state index in [-0.39, 0.29) is 18.0 Å². The molecule has 0 unspecified atom stereocenters. The molecule has 0 aliphatic carbocycles. The second-order valence-corrected chi connectivity index (χ2v) is 9.59. The SMILES string of the molecule is O=[N+]([O-])c1ccc(N/N=C\c2cc(I)c(OCc3ccc(Cl)cc3Cl)c(I)c2)c([N+](=O)[O-])c1. The Labute approximate surface area is 224 Å². The number of nitro benzene ring substituents is 2. The second-order valence-electron chi connectivity index (χ2n) is 6.42. The van der Waals surface area contributed by atoms with E-state index in [4.69, 9.17) is 27.9 Å². The number of anilines is 1. The Morgan fingerprint density at radius 2 is 1.70 bits per heavy atom. The highest BCUT2D eigenvalue weighted by Gasteiger charge is 2.19. The van der Waals surface area contributed by atoms with E-state index in [1.165, 1.54) is 12.3 Å². The smallest absolute Gasteiger partial charge is 0.301 e. The van der Waals surface area contributed by atoms with Crippen LogP contribution < -0.4 is 10.2 Å². The molecule has 0 atom stereocenters. The summed E-state index contributed by atoms with van der Waals surface area (Å²) >= 11 is 16.4. The highest BCUT2D eigenvalue weighted by molar-refractivity contribution is 14.1. The minimum absolute atomic E-state index is 0.0334. The molecule has 3 aromatic rings. The summed E-state index contributed by atoms with van der Waals surface area (Å²) in [5, 5.41) is 27.2. The van der Waals surface area contributed by atoms with Gasteiger partial charge in [0, 0.05) is 21.7 Å². The predicted octanol–water partition coefficient (Wildman–Crippen LogP) is 7.04. The van der Waals surface area contributed by atoms with Crippen molar-refractivity contribution >= 4 is 91.7 Å². The van der Waals surface area contributed by atoms with Gasteiger partial charge in [-0.2, -0.15) is 5.10 Å². The zero-order valence-corrected chi connectivity index (χ0v) is 22.1. The van der Waals surface area contributed by atoms with Crippen LogP contribution in [-0.2, 0) is 6.61 Å². The van der Waals surface area contributed by atoms with Crippen LogP contribution in [0.1, 0.15) is 11.1 Å². The summed E-state index contributed by atoms with van der Waals surface area (Å²) in [6.45, 7) is 0.265. The van der Waals surface area contributed by atoms with E-state index < -0.39 is 15.5 Å². The Hall–Kier alpha value is -2.23. The highest BCUT2D eigenvalue weighted by atomic mass is 127. The number of rotatable bonds is 8. The number of hydrogen-bond donors (Lipinski definition) is 1. The topological polar surface area (TPSA) is 120 Å². The summed E-state index contributed by atoms with van der Waals surface area (Å²) in [5.41, 5.74) is 3.29. The first-order valence-electron chi connectivity index (χ1n) is 8.93. The lowest BCUT2D eigenvalue weighted by Crippen LogP contribution is -2.01. The van der Waals surface area contributed by atoms with Gasteiger partial charge in [0.15, 0.2) is 0 Å². The van der Waals surface area contributed by atoms with Crippen LogP contribution in [0.4, 0.5) is 17.1 Å². The third kappa shape index (κ3) is 6.65. The fraction of sp³-hybridized carbons (Fsp3) is 0.0500. The molecule has 0 amide bonds. The van der Waals surface area contributed by atoms with E-state index in [1.807, 2.05) is 12.1 Å². The van der Waals surface area contributed by atoms with Gasteiger partial charge in [-0.1, -0.05) is 29.3 Å². The molecular formula is C20H12Cl2I2N4O5. The van der Waals surface area contributed by atoms with E-state index in [2.05, 4.69) is 55.7 Å². The first-order chi connectivity index (χ1) is 15.7. The first-order valence-corrected chi connectivity index (χ1v) is 11.8. The number of ether oxygens (including phenoxy) is 1. The largest absolute Gasteiger partial charge is 0.487 e. The molecular weight excluding hydrogens is 701 g/mol. The average Bonchev–Trinajstić information content (AvgIpc) is 2.74. The Morgan fingerprint density at radius 1 is 1.00 bits per heavy atom. The fourth-order valence-electron chi connectivity index (χ4n) is 2.64. The van der Waals surface area contributed by atoms with Crippen molar-refractivity contribution < 1.29 is 14.6 Å². The second kappa shape index (κ2) is 11.3. The standard InChI is InChI=1S/C20H12Cl2I2N4O5/c21-13-2-1-12(15(22)7-13)10-33-20-16(23)5-11(6-17(20)24)9-25-26-18-4-3-14(27(29)30)8-19(18)28(31)32/h1-9,26H,10H2/b25-9-. The molecule has 0 saturated carbocycles. The third-order valence-electron chi connectivity index (χ3n) is 4.20. The molecule has 1 N–H and O–H groups in total. The zero-order valence-electron chi connectivity index (χ0n) is 16.3. The molecule has 9 nitrogen and oxygen atoms in total. The number of non-ortho nitro benzene ring substituents is 1. The number of hydrazone groups is 1. The van der Waals surface area contributed by atoms with E-state index in [9.17, 15) is 20.2 Å². The lowest BCUT2D eigenvalue weighted by molar-refractivity contribution is -0.393. The lowest BCUT2D eigenvalue weighted by atomic mass is 10.2. The van der Waals surface area contributed by atoms with E-state index in [1.54, 1.807) is 18.2 Å². The van der Waals surface area contributed by atoms with Crippen molar-refractivity contribution in [3.05, 3.63) is 97.1 Å². The Morgan fingerprint density at radius 3 is 2.30 bits per heavy atom. The maximum Gasteiger partial charge on any atom is 0.301 e. The van der Waals surface area contributed by atoms with Crippen LogP contribution in [0.5, 0.6) is 5.75 Å². The molecule has 0 heterocycles. The molecule has 170 valence electrons. The Bertz CT molecular complexity index is 1250. The van der Waals surface area contributed by atoms with Crippen LogP contribution >= 0.6 is 68.4 Å². The summed E-state index contributed by atoms with van der Waals surface area (Å²) in [5.74, 6) is 0.679. The number of halogens is 4. The minimum atomic E-state index is -0.712. The van der Waals surface area contributed by atoms with Crippen molar-refractivity contribution in [2.24, 2.45) is 5.10 Å². The predicted molar refractivity (Wildman–Crippen MR) is 144 cm³/mol. The van der Waals surface area contributed by atoms with E-state index in [0.29, 0.717) is 15.8 Å². The van der Waals surface area contributed by atoms with Gasteiger partial charge in [0.25, 0.3) is 5.69 Å². The average molecular weight is 713 g/mol. The van der Waals surface area contributed by atoms with Crippen molar-refractivity contribution in [2.45, 2.75) is 6.61 Å².